The van der Waals surface area contributed by atoms with Gasteiger partial charge in [0.2, 0.25) is 5.91 Å². The first-order valence-electron chi connectivity index (χ1n) is 4.87. The highest BCUT2D eigenvalue weighted by molar-refractivity contribution is 6.30. The predicted octanol–water partition coefficient (Wildman–Crippen LogP) is 1.31. The van der Waals surface area contributed by atoms with E-state index >= 15 is 0 Å². The molecule has 1 aromatic carbocycles. The average Bonchev–Trinajstić information content (AvgIpc) is 2.23. The van der Waals surface area contributed by atoms with Crippen LogP contribution in [0.1, 0.15) is 6.92 Å². The maximum atomic E-state index is 10.8. The van der Waals surface area contributed by atoms with Crippen molar-refractivity contribution < 1.29 is 19.4 Å². The number of rotatable bonds is 5. The Morgan fingerprint density at radius 2 is 2.24 bits per heavy atom. The SMILES string of the molecule is CC(=O)NC(COc1cccc(Cl)c1)C(=O)O. The van der Waals surface area contributed by atoms with Crippen molar-refractivity contribution in [1.29, 1.82) is 0 Å². The molecule has 0 aromatic heterocycles. The van der Waals surface area contributed by atoms with Crippen LogP contribution in [0.3, 0.4) is 0 Å². The summed E-state index contributed by atoms with van der Waals surface area (Å²) in [6.45, 7) is 1.09. The molecule has 0 aliphatic heterocycles. The van der Waals surface area contributed by atoms with Crippen LogP contribution in [0.5, 0.6) is 5.75 Å². The molecule has 0 aliphatic carbocycles. The van der Waals surface area contributed by atoms with Gasteiger partial charge in [0.15, 0.2) is 6.04 Å². The zero-order valence-corrected chi connectivity index (χ0v) is 9.90. The molecule has 0 heterocycles. The number of carboxylic acid groups (broad SMARTS) is 1. The second kappa shape index (κ2) is 6.10. The molecule has 1 aromatic rings. The van der Waals surface area contributed by atoms with Gasteiger partial charge in [0, 0.05) is 11.9 Å². The van der Waals surface area contributed by atoms with Gasteiger partial charge < -0.3 is 15.2 Å². The summed E-state index contributed by atoms with van der Waals surface area (Å²) in [4.78, 5) is 21.6. The third-order valence-corrected chi connectivity index (χ3v) is 2.12. The summed E-state index contributed by atoms with van der Waals surface area (Å²) in [5.41, 5.74) is 0. The van der Waals surface area contributed by atoms with Gasteiger partial charge in [-0.15, -0.1) is 0 Å². The van der Waals surface area contributed by atoms with Gasteiger partial charge in [0.25, 0.3) is 0 Å². The second-order valence-corrected chi connectivity index (χ2v) is 3.80. The smallest absolute Gasteiger partial charge is 0.329 e. The normalized spacial score (nSPS) is 11.6. The van der Waals surface area contributed by atoms with E-state index in [4.69, 9.17) is 21.4 Å². The highest BCUT2D eigenvalue weighted by atomic mass is 35.5. The van der Waals surface area contributed by atoms with Gasteiger partial charge in [-0.3, -0.25) is 4.79 Å². The molecule has 0 bridgehead atoms. The van der Waals surface area contributed by atoms with Gasteiger partial charge >= 0.3 is 5.97 Å². The molecule has 6 heteroatoms. The molecule has 0 saturated heterocycles. The molecule has 0 spiro atoms. The summed E-state index contributed by atoms with van der Waals surface area (Å²) >= 11 is 5.74. The molecule has 5 nitrogen and oxygen atoms in total. The summed E-state index contributed by atoms with van der Waals surface area (Å²) in [5, 5.41) is 11.6. The summed E-state index contributed by atoms with van der Waals surface area (Å²) in [5.74, 6) is -1.12. The van der Waals surface area contributed by atoms with E-state index in [1.54, 1.807) is 24.3 Å². The van der Waals surface area contributed by atoms with Crippen LogP contribution in [-0.2, 0) is 9.59 Å². The summed E-state index contributed by atoms with van der Waals surface area (Å²) in [6.07, 6.45) is 0. The van der Waals surface area contributed by atoms with Crippen molar-refractivity contribution in [3.8, 4) is 5.75 Å². The second-order valence-electron chi connectivity index (χ2n) is 3.36. The van der Waals surface area contributed by atoms with Crippen LogP contribution in [-0.4, -0.2) is 29.6 Å². The first kappa shape index (κ1) is 13.3. The number of halogens is 1. The van der Waals surface area contributed by atoms with Crippen molar-refractivity contribution in [2.75, 3.05) is 6.61 Å². The number of amides is 1. The first-order valence-corrected chi connectivity index (χ1v) is 5.25. The number of hydrogen-bond acceptors (Lipinski definition) is 3. The van der Waals surface area contributed by atoms with Crippen LogP contribution in [0.4, 0.5) is 0 Å². The number of ether oxygens (including phenoxy) is 1. The highest BCUT2D eigenvalue weighted by Crippen LogP contribution is 2.17. The van der Waals surface area contributed by atoms with E-state index in [2.05, 4.69) is 5.32 Å². The van der Waals surface area contributed by atoms with E-state index < -0.39 is 17.9 Å². The molecule has 0 fully saturated rings. The molecule has 0 aliphatic rings. The van der Waals surface area contributed by atoms with Crippen LogP contribution >= 0.6 is 11.6 Å². The Morgan fingerprint density at radius 1 is 1.53 bits per heavy atom. The number of nitrogens with one attached hydrogen (secondary N) is 1. The Morgan fingerprint density at radius 3 is 2.76 bits per heavy atom. The minimum Gasteiger partial charge on any atom is -0.491 e. The Labute approximate surface area is 103 Å². The quantitative estimate of drug-likeness (QED) is 0.834. The minimum atomic E-state index is -1.15. The Balaban J connectivity index is 2.57. The molecule has 0 saturated carbocycles. The number of carboxylic acids is 1. The average molecular weight is 258 g/mol. The van der Waals surface area contributed by atoms with Gasteiger partial charge in [-0.1, -0.05) is 17.7 Å². The molecule has 1 amide bonds. The fourth-order valence-electron chi connectivity index (χ4n) is 1.16. The number of carbonyl (C=O) groups excluding carboxylic acids is 1. The lowest BCUT2D eigenvalue weighted by molar-refractivity contribution is -0.142. The van der Waals surface area contributed by atoms with Gasteiger partial charge in [-0.05, 0) is 18.2 Å². The zero-order valence-electron chi connectivity index (χ0n) is 9.14. The maximum absolute atomic E-state index is 10.8. The number of aliphatic carboxylic acids is 1. The van der Waals surface area contributed by atoms with Crippen LogP contribution in [0.25, 0.3) is 0 Å². The van der Waals surface area contributed by atoms with Crippen LogP contribution < -0.4 is 10.1 Å². The van der Waals surface area contributed by atoms with E-state index in [1.165, 1.54) is 6.92 Å². The van der Waals surface area contributed by atoms with E-state index in [0.29, 0.717) is 10.8 Å². The van der Waals surface area contributed by atoms with Gasteiger partial charge in [0.05, 0.1) is 0 Å². The number of hydrogen-bond donors (Lipinski definition) is 2. The van der Waals surface area contributed by atoms with Crippen molar-refractivity contribution in [3.05, 3.63) is 29.3 Å². The third kappa shape index (κ3) is 4.74. The van der Waals surface area contributed by atoms with Crippen molar-refractivity contribution in [1.82, 2.24) is 5.32 Å². The predicted molar refractivity (Wildman–Crippen MR) is 62.2 cm³/mol. The van der Waals surface area contributed by atoms with Crippen molar-refractivity contribution in [2.24, 2.45) is 0 Å². The molecule has 0 radical (unpaired) electrons. The molecule has 92 valence electrons. The number of benzene rings is 1. The molecule has 2 N–H and O–H groups in total. The monoisotopic (exact) mass is 257 g/mol. The van der Waals surface area contributed by atoms with E-state index in [9.17, 15) is 9.59 Å². The topological polar surface area (TPSA) is 75.6 Å². The van der Waals surface area contributed by atoms with E-state index in [1.807, 2.05) is 0 Å². The maximum Gasteiger partial charge on any atom is 0.329 e. The van der Waals surface area contributed by atoms with Crippen molar-refractivity contribution >= 4 is 23.5 Å². The fourth-order valence-corrected chi connectivity index (χ4v) is 1.34. The van der Waals surface area contributed by atoms with Crippen LogP contribution in [0.15, 0.2) is 24.3 Å². The summed E-state index contributed by atoms with van der Waals surface area (Å²) in [7, 11) is 0. The highest BCUT2D eigenvalue weighted by Gasteiger charge is 2.19. The van der Waals surface area contributed by atoms with Gasteiger partial charge in [-0.2, -0.15) is 0 Å². The van der Waals surface area contributed by atoms with Crippen molar-refractivity contribution in [3.63, 3.8) is 0 Å². The molecule has 17 heavy (non-hydrogen) atoms. The molecular formula is C11H12ClNO4. The van der Waals surface area contributed by atoms with Crippen LogP contribution in [0.2, 0.25) is 5.02 Å². The van der Waals surface area contributed by atoms with Crippen LogP contribution in [0, 0.1) is 0 Å². The Kier molecular flexibility index (Phi) is 4.78. The third-order valence-electron chi connectivity index (χ3n) is 1.89. The fraction of sp³-hybridized carbons (Fsp3) is 0.273. The number of carbonyl (C=O) groups is 2. The van der Waals surface area contributed by atoms with Gasteiger partial charge in [-0.25, -0.2) is 4.79 Å². The summed E-state index contributed by atoms with van der Waals surface area (Å²) in [6, 6.07) is 5.50. The lowest BCUT2D eigenvalue weighted by atomic mass is 10.3. The zero-order chi connectivity index (χ0) is 12.8. The Bertz CT molecular complexity index is 422. The summed E-state index contributed by atoms with van der Waals surface area (Å²) < 4.78 is 5.23. The van der Waals surface area contributed by atoms with E-state index in [-0.39, 0.29) is 6.61 Å². The Hall–Kier alpha value is -1.75. The molecule has 1 unspecified atom stereocenters. The molecular weight excluding hydrogens is 246 g/mol. The molecule has 1 atom stereocenters. The first-order chi connectivity index (χ1) is 7.99. The minimum absolute atomic E-state index is 0.157. The lowest BCUT2D eigenvalue weighted by Crippen LogP contribution is -2.43. The lowest BCUT2D eigenvalue weighted by Gasteiger charge is -2.14. The standard InChI is InChI=1S/C11H12ClNO4/c1-7(14)13-10(11(15)16)6-17-9-4-2-3-8(12)5-9/h2-5,10H,6H2,1H3,(H,13,14)(H,15,16). The van der Waals surface area contributed by atoms with Crippen molar-refractivity contribution in [2.45, 2.75) is 13.0 Å². The molecule has 1 rings (SSSR count). The largest absolute Gasteiger partial charge is 0.491 e. The van der Waals surface area contributed by atoms with E-state index in [0.717, 1.165) is 0 Å². The van der Waals surface area contributed by atoms with Gasteiger partial charge in [0.1, 0.15) is 12.4 Å².